The molecule has 4 aliphatic carbocycles. The lowest BCUT2D eigenvalue weighted by molar-refractivity contribution is -0.527. The lowest BCUT2D eigenvalue weighted by Crippen LogP contribution is -2.87. The van der Waals surface area contributed by atoms with Crippen molar-refractivity contribution in [1.82, 2.24) is 0 Å². The van der Waals surface area contributed by atoms with Crippen LogP contribution in [0, 0.1) is 34.0 Å². The second-order valence-electron chi connectivity index (χ2n) is 13.1. The van der Waals surface area contributed by atoms with Gasteiger partial charge in [-0.15, -0.1) is 0 Å². The fourth-order valence-corrected chi connectivity index (χ4v) is 9.95. The summed E-state index contributed by atoms with van der Waals surface area (Å²) in [5.41, 5.74) is -0.134. The van der Waals surface area contributed by atoms with Gasteiger partial charge in [0.25, 0.3) is 0 Å². The maximum atomic E-state index is 14.3. The van der Waals surface area contributed by atoms with Crippen molar-refractivity contribution in [2.45, 2.75) is 96.8 Å². The molecule has 4 aliphatic heterocycles. The molecule has 9 atom stereocenters. The molecule has 0 aromatic heterocycles. The van der Waals surface area contributed by atoms with Gasteiger partial charge in [0.15, 0.2) is 17.9 Å². The zero-order valence-electron chi connectivity index (χ0n) is 21.5. The van der Waals surface area contributed by atoms with Crippen LogP contribution in [0.2, 0.25) is 0 Å². The van der Waals surface area contributed by atoms with Gasteiger partial charge in [-0.05, 0) is 68.9 Å². The molecule has 4 heterocycles. The number of ketones is 1. The van der Waals surface area contributed by atoms with Crippen LogP contribution in [0.3, 0.4) is 0 Å². The Hall–Kier alpha value is -1.25. The van der Waals surface area contributed by atoms with Crippen LogP contribution in [0.1, 0.15) is 66.7 Å². The lowest BCUT2D eigenvalue weighted by atomic mass is 9.36. The van der Waals surface area contributed by atoms with Crippen LogP contribution in [-0.4, -0.2) is 54.2 Å². The molecular formula is C28H38O7. The van der Waals surface area contributed by atoms with Crippen LogP contribution in [0.4, 0.5) is 0 Å². The predicted molar refractivity (Wildman–Crippen MR) is 125 cm³/mol. The summed E-state index contributed by atoms with van der Waals surface area (Å²) < 4.78 is 32.6. The highest BCUT2D eigenvalue weighted by Gasteiger charge is 2.90. The van der Waals surface area contributed by atoms with Gasteiger partial charge in [0.05, 0.1) is 18.1 Å². The van der Waals surface area contributed by atoms with E-state index in [0.717, 1.165) is 37.9 Å². The van der Waals surface area contributed by atoms with Gasteiger partial charge in [0, 0.05) is 24.9 Å². The van der Waals surface area contributed by atoms with Gasteiger partial charge in [0.1, 0.15) is 17.3 Å². The van der Waals surface area contributed by atoms with E-state index >= 15 is 0 Å². The molecule has 35 heavy (non-hydrogen) atoms. The summed E-state index contributed by atoms with van der Waals surface area (Å²) in [6.45, 7) is 15.4. The highest BCUT2D eigenvalue weighted by molar-refractivity contribution is 6.05. The molecule has 6 fully saturated rings. The van der Waals surface area contributed by atoms with E-state index in [2.05, 4.69) is 20.4 Å². The highest BCUT2D eigenvalue weighted by Crippen LogP contribution is 2.80. The van der Waals surface area contributed by atoms with Crippen LogP contribution < -0.4 is 0 Å². The standard InChI is InChI=1S/C28H38O7/c1-7-31-18-11-8-15-12-24(3,4)19-21(30)28-27-17(26(19,13-32-28)22(15)33-18)10-9-16(14(2)20(27)29)23(27)34-25(5,6)35-28/h16-19,21,23,30H,2,7-13H2,1,3-6H3/t16-,17-,18+,19+,21-,23?,26-,27-,28?/m0/s1. The average molecular weight is 487 g/mol. The van der Waals surface area contributed by atoms with Crippen molar-refractivity contribution in [3.05, 3.63) is 23.5 Å². The first-order valence-corrected chi connectivity index (χ1v) is 13.4. The zero-order valence-corrected chi connectivity index (χ0v) is 21.5. The third kappa shape index (κ3) is 2.31. The average Bonchev–Trinajstić information content (AvgIpc) is 2.90. The Bertz CT molecular complexity index is 1060. The van der Waals surface area contributed by atoms with Crippen LogP contribution in [0.5, 0.6) is 0 Å². The van der Waals surface area contributed by atoms with Gasteiger partial charge in [0.2, 0.25) is 5.79 Å². The molecule has 7 heteroatoms. The number of aliphatic hydroxyl groups excluding tert-OH is 1. The number of carbonyl (C=O) groups is 1. The monoisotopic (exact) mass is 486 g/mol. The van der Waals surface area contributed by atoms with Gasteiger partial charge < -0.3 is 28.8 Å². The minimum Gasteiger partial charge on any atom is -0.469 e. The molecule has 2 unspecified atom stereocenters. The normalized spacial score (nSPS) is 52.5. The maximum absolute atomic E-state index is 14.3. The molecular weight excluding hydrogens is 448 g/mol. The molecule has 4 bridgehead atoms. The summed E-state index contributed by atoms with van der Waals surface area (Å²) in [6, 6.07) is 0. The van der Waals surface area contributed by atoms with Crippen molar-refractivity contribution in [2.75, 3.05) is 13.2 Å². The number of Topliss-reactive ketones (excluding diaryl/α,β-unsaturated/α-hetero) is 1. The number of ether oxygens (including phenoxy) is 5. The van der Waals surface area contributed by atoms with E-state index in [1.807, 2.05) is 20.8 Å². The molecule has 0 aromatic carbocycles. The van der Waals surface area contributed by atoms with Crippen molar-refractivity contribution in [3.63, 3.8) is 0 Å². The molecule has 0 aromatic rings. The first-order chi connectivity index (χ1) is 16.5. The number of rotatable bonds is 2. The number of fused-ring (bicyclic) bond motifs is 1. The summed E-state index contributed by atoms with van der Waals surface area (Å²) in [5.74, 6) is -2.01. The van der Waals surface area contributed by atoms with Gasteiger partial charge in [-0.2, -0.15) is 0 Å². The minimum absolute atomic E-state index is 0.0511. The van der Waals surface area contributed by atoms with E-state index in [0.29, 0.717) is 18.8 Å². The largest absolute Gasteiger partial charge is 0.469 e. The van der Waals surface area contributed by atoms with Crippen molar-refractivity contribution in [1.29, 1.82) is 0 Å². The molecule has 8 aliphatic rings. The summed E-state index contributed by atoms with van der Waals surface area (Å²) in [6.07, 6.45) is 2.44. The van der Waals surface area contributed by atoms with Gasteiger partial charge in [-0.3, -0.25) is 4.79 Å². The highest BCUT2D eigenvalue weighted by atomic mass is 16.8. The van der Waals surface area contributed by atoms with Crippen LogP contribution in [0.15, 0.2) is 23.5 Å². The molecule has 192 valence electrons. The molecule has 7 nitrogen and oxygen atoms in total. The quantitative estimate of drug-likeness (QED) is 0.594. The van der Waals surface area contributed by atoms with Gasteiger partial charge in [-0.25, -0.2) is 0 Å². The number of aliphatic hydroxyl groups is 1. The van der Waals surface area contributed by atoms with E-state index in [9.17, 15) is 9.90 Å². The first kappa shape index (κ1) is 22.9. The summed E-state index contributed by atoms with van der Waals surface area (Å²) in [4.78, 5) is 14.3. The topological polar surface area (TPSA) is 83.5 Å². The third-order valence-electron chi connectivity index (χ3n) is 10.6. The summed E-state index contributed by atoms with van der Waals surface area (Å²) in [7, 11) is 0. The van der Waals surface area contributed by atoms with Crippen LogP contribution in [0.25, 0.3) is 0 Å². The number of hydrogen-bond donors (Lipinski definition) is 1. The van der Waals surface area contributed by atoms with E-state index in [1.165, 1.54) is 5.57 Å². The smallest absolute Gasteiger partial charge is 0.213 e. The molecule has 1 N–H and O–H groups in total. The maximum Gasteiger partial charge on any atom is 0.213 e. The number of allylic oxidation sites excluding steroid dienone is 1. The Morgan fingerprint density at radius 1 is 1.17 bits per heavy atom. The minimum atomic E-state index is -1.46. The first-order valence-electron chi connectivity index (χ1n) is 13.4. The van der Waals surface area contributed by atoms with Gasteiger partial charge in [-0.1, -0.05) is 20.4 Å². The fourth-order valence-electron chi connectivity index (χ4n) is 9.95. The van der Waals surface area contributed by atoms with Crippen molar-refractivity contribution in [3.8, 4) is 0 Å². The summed E-state index contributed by atoms with van der Waals surface area (Å²) in [5, 5.41) is 12.4. The molecule has 3 saturated heterocycles. The zero-order chi connectivity index (χ0) is 24.8. The Morgan fingerprint density at radius 2 is 1.94 bits per heavy atom. The molecule has 3 spiro atoms. The molecule has 0 radical (unpaired) electrons. The van der Waals surface area contributed by atoms with Gasteiger partial charge >= 0.3 is 0 Å². The van der Waals surface area contributed by atoms with E-state index in [4.69, 9.17) is 23.7 Å². The molecule has 8 rings (SSSR count). The predicted octanol–water partition coefficient (Wildman–Crippen LogP) is 3.85. The van der Waals surface area contributed by atoms with Crippen LogP contribution in [-0.2, 0) is 28.5 Å². The van der Waals surface area contributed by atoms with E-state index < -0.39 is 34.6 Å². The van der Waals surface area contributed by atoms with Crippen molar-refractivity contribution < 1.29 is 33.6 Å². The Kier molecular flexibility index (Phi) is 4.32. The van der Waals surface area contributed by atoms with Crippen LogP contribution >= 0.6 is 0 Å². The van der Waals surface area contributed by atoms with Crippen molar-refractivity contribution >= 4 is 5.78 Å². The number of hydrogen-bond acceptors (Lipinski definition) is 7. The fraction of sp³-hybridized carbons (Fsp3) is 0.821. The number of carbonyl (C=O) groups excluding carboxylic acids is 1. The van der Waals surface area contributed by atoms with E-state index in [1.54, 1.807) is 0 Å². The van der Waals surface area contributed by atoms with Crippen molar-refractivity contribution in [2.24, 2.45) is 34.0 Å². The summed E-state index contributed by atoms with van der Waals surface area (Å²) >= 11 is 0. The Balaban J connectivity index is 1.51. The second kappa shape index (κ2) is 6.60. The third-order valence-corrected chi connectivity index (χ3v) is 10.6. The Labute approximate surface area is 207 Å². The Morgan fingerprint density at radius 3 is 2.69 bits per heavy atom. The molecule has 0 amide bonds. The second-order valence-corrected chi connectivity index (χ2v) is 13.1. The lowest BCUT2D eigenvalue weighted by Gasteiger charge is -2.77. The van der Waals surface area contributed by atoms with E-state index in [-0.39, 0.29) is 35.2 Å². The SMILES string of the molecule is C=C1C(=O)[C@@]23C4OC(C)(C)OC25OC[C@]2(C6=C(CC[C@H](OCC)O6)CC(C)(C)[C@H]2[C@@H]5O)[C@@H]3CC[C@@H]14. The molecule has 3 saturated carbocycles.